The van der Waals surface area contributed by atoms with Gasteiger partial charge in [-0.3, -0.25) is 4.79 Å². The fraction of sp³-hybridized carbons (Fsp3) is 0.304. The molecule has 0 atom stereocenters. The number of nitrogens with zero attached hydrogens (tertiary/aromatic N) is 2. The monoisotopic (exact) mass is 377 g/mol. The average molecular weight is 377 g/mol. The lowest BCUT2D eigenvalue weighted by molar-refractivity contribution is -0.118. The number of aryl methyl sites for hydroxylation is 2. The summed E-state index contributed by atoms with van der Waals surface area (Å²) in [6.07, 6.45) is 3.75. The number of carbonyl (C=O) groups excluding carboxylic acids is 1. The van der Waals surface area contributed by atoms with Crippen LogP contribution in [-0.4, -0.2) is 22.1 Å². The summed E-state index contributed by atoms with van der Waals surface area (Å²) in [6, 6.07) is 13.8. The third-order valence-corrected chi connectivity index (χ3v) is 4.75. The second kappa shape index (κ2) is 8.74. The van der Waals surface area contributed by atoms with Crippen molar-refractivity contribution >= 4 is 11.6 Å². The molecule has 0 aliphatic rings. The number of aromatic nitrogens is 2. The minimum atomic E-state index is -0.177. The molecular formula is C23H27N3O2. The summed E-state index contributed by atoms with van der Waals surface area (Å²) in [7, 11) is 0. The third-order valence-electron chi connectivity index (χ3n) is 4.75. The van der Waals surface area contributed by atoms with E-state index in [0.717, 1.165) is 23.6 Å². The second-order valence-electron chi connectivity index (χ2n) is 7.31. The molecule has 1 heterocycles. The van der Waals surface area contributed by atoms with E-state index in [2.05, 4.69) is 41.7 Å². The number of anilines is 1. The number of rotatable bonds is 7. The smallest absolute Gasteiger partial charge is 0.262 e. The molecule has 0 radical (unpaired) electrons. The molecule has 0 unspecified atom stereocenters. The van der Waals surface area contributed by atoms with Crippen molar-refractivity contribution in [3.63, 3.8) is 0 Å². The van der Waals surface area contributed by atoms with Gasteiger partial charge in [-0.25, -0.2) is 4.98 Å². The van der Waals surface area contributed by atoms with Crippen LogP contribution in [0.1, 0.15) is 42.3 Å². The minimum Gasteiger partial charge on any atom is -0.484 e. The molecule has 1 N–H and O–H groups in total. The maximum absolute atomic E-state index is 12.2. The summed E-state index contributed by atoms with van der Waals surface area (Å²) in [5.74, 6) is 1.98. The first-order valence-electron chi connectivity index (χ1n) is 9.52. The molecule has 0 aliphatic heterocycles. The van der Waals surface area contributed by atoms with Crippen LogP contribution in [0.25, 0.3) is 0 Å². The van der Waals surface area contributed by atoms with E-state index in [9.17, 15) is 4.79 Å². The van der Waals surface area contributed by atoms with Gasteiger partial charge in [0.2, 0.25) is 0 Å². The fourth-order valence-corrected chi connectivity index (χ4v) is 3.19. The Morgan fingerprint density at radius 1 is 1.14 bits per heavy atom. The summed E-state index contributed by atoms with van der Waals surface area (Å²) in [5.41, 5.74) is 4.38. The van der Waals surface area contributed by atoms with Crippen molar-refractivity contribution in [2.24, 2.45) is 0 Å². The van der Waals surface area contributed by atoms with Crippen molar-refractivity contribution in [3.8, 4) is 5.75 Å². The van der Waals surface area contributed by atoms with Gasteiger partial charge in [-0.1, -0.05) is 32.0 Å². The second-order valence-corrected chi connectivity index (χ2v) is 7.31. The van der Waals surface area contributed by atoms with Gasteiger partial charge in [-0.2, -0.15) is 0 Å². The minimum absolute atomic E-state index is 0.0174. The molecule has 3 rings (SSSR count). The van der Waals surface area contributed by atoms with Crippen LogP contribution in [-0.2, 0) is 11.3 Å². The van der Waals surface area contributed by atoms with E-state index in [0.29, 0.717) is 11.7 Å². The van der Waals surface area contributed by atoms with Crippen LogP contribution in [0.5, 0.6) is 5.75 Å². The normalized spacial score (nSPS) is 10.9. The van der Waals surface area contributed by atoms with Gasteiger partial charge in [-0.05, 0) is 60.7 Å². The predicted molar refractivity (Wildman–Crippen MR) is 112 cm³/mol. The zero-order chi connectivity index (χ0) is 20.1. The highest BCUT2D eigenvalue weighted by Gasteiger charge is 2.08. The Morgan fingerprint density at radius 2 is 1.89 bits per heavy atom. The molecule has 0 saturated heterocycles. The maximum atomic E-state index is 12.2. The number of imidazole rings is 1. The van der Waals surface area contributed by atoms with Crippen LogP contribution in [0.3, 0.4) is 0 Å². The van der Waals surface area contributed by atoms with E-state index in [1.54, 1.807) is 6.20 Å². The van der Waals surface area contributed by atoms with Gasteiger partial charge in [0.15, 0.2) is 6.61 Å². The first kappa shape index (κ1) is 19.7. The summed E-state index contributed by atoms with van der Waals surface area (Å²) in [5, 5.41) is 2.87. The van der Waals surface area contributed by atoms with Crippen LogP contribution in [0.2, 0.25) is 0 Å². The molecule has 2 aromatic carbocycles. The van der Waals surface area contributed by atoms with E-state index in [-0.39, 0.29) is 12.5 Å². The Kier molecular flexibility index (Phi) is 6.14. The van der Waals surface area contributed by atoms with Crippen molar-refractivity contribution in [1.82, 2.24) is 9.55 Å². The molecule has 0 aliphatic carbocycles. The number of hydrogen-bond acceptors (Lipinski definition) is 3. The van der Waals surface area contributed by atoms with Crippen LogP contribution in [0, 0.1) is 13.8 Å². The zero-order valence-electron chi connectivity index (χ0n) is 16.9. The fourth-order valence-electron chi connectivity index (χ4n) is 3.19. The Hall–Kier alpha value is -3.08. The highest BCUT2D eigenvalue weighted by atomic mass is 16.5. The third kappa shape index (κ3) is 5.00. The average Bonchev–Trinajstić information content (AvgIpc) is 3.06. The highest BCUT2D eigenvalue weighted by molar-refractivity contribution is 5.91. The van der Waals surface area contributed by atoms with E-state index >= 15 is 0 Å². The van der Waals surface area contributed by atoms with Crippen LogP contribution in [0.15, 0.2) is 54.9 Å². The van der Waals surface area contributed by atoms with Gasteiger partial charge in [-0.15, -0.1) is 0 Å². The molecule has 5 nitrogen and oxygen atoms in total. The first-order chi connectivity index (χ1) is 13.4. The van der Waals surface area contributed by atoms with Gasteiger partial charge in [0.1, 0.15) is 11.6 Å². The Morgan fingerprint density at radius 3 is 2.50 bits per heavy atom. The number of hydrogen-bond donors (Lipinski definition) is 1. The maximum Gasteiger partial charge on any atom is 0.262 e. The molecule has 28 heavy (non-hydrogen) atoms. The summed E-state index contributed by atoms with van der Waals surface area (Å²) >= 11 is 0. The highest BCUT2D eigenvalue weighted by Crippen LogP contribution is 2.23. The van der Waals surface area contributed by atoms with Crippen LogP contribution < -0.4 is 10.1 Å². The molecule has 1 amide bonds. The predicted octanol–water partition coefficient (Wildman–Crippen LogP) is 4.69. The number of amides is 1. The number of ether oxygens (including phenoxy) is 1. The van der Waals surface area contributed by atoms with Gasteiger partial charge >= 0.3 is 0 Å². The molecule has 0 saturated carbocycles. The Labute approximate surface area is 166 Å². The summed E-state index contributed by atoms with van der Waals surface area (Å²) in [4.78, 5) is 16.4. The molecule has 3 aromatic rings. The lowest BCUT2D eigenvalue weighted by atomic mass is 9.98. The van der Waals surface area contributed by atoms with Crippen LogP contribution >= 0.6 is 0 Å². The number of carbonyl (C=O) groups is 1. The number of benzene rings is 2. The zero-order valence-corrected chi connectivity index (χ0v) is 16.9. The van der Waals surface area contributed by atoms with Crippen molar-refractivity contribution in [2.45, 2.75) is 40.2 Å². The van der Waals surface area contributed by atoms with E-state index in [1.165, 1.54) is 11.1 Å². The number of nitrogens with one attached hydrogen (secondary N) is 1. The molecule has 0 spiro atoms. The van der Waals surface area contributed by atoms with Crippen molar-refractivity contribution in [3.05, 3.63) is 77.4 Å². The lowest BCUT2D eigenvalue weighted by Gasteiger charge is -2.12. The topological polar surface area (TPSA) is 56.1 Å². The van der Waals surface area contributed by atoms with Gasteiger partial charge < -0.3 is 14.6 Å². The Bertz CT molecular complexity index is 943. The summed E-state index contributed by atoms with van der Waals surface area (Å²) in [6.45, 7) is 9.11. The Balaban J connectivity index is 1.52. The van der Waals surface area contributed by atoms with Crippen molar-refractivity contribution in [2.75, 3.05) is 11.9 Å². The van der Waals surface area contributed by atoms with E-state index in [1.807, 2.05) is 49.5 Å². The molecule has 146 valence electrons. The molecular weight excluding hydrogens is 350 g/mol. The standard InChI is InChI=1S/C23H27N3O2/c1-16(2)22-10-9-21(13-17(22)3)28-15-23(27)25-20-7-5-19(6-8-20)14-26-12-11-24-18(26)4/h5-13,16H,14-15H2,1-4H3,(H,25,27). The largest absolute Gasteiger partial charge is 0.484 e. The lowest BCUT2D eigenvalue weighted by Crippen LogP contribution is -2.20. The summed E-state index contributed by atoms with van der Waals surface area (Å²) < 4.78 is 7.72. The van der Waals surface area contributed by atoms with Gasteiger partial charge in [0.25, 0.3) is 5.91 Å². The first-order valence-corrected chi connectivity index (χ1v) is 9.52. The van der Waals surface area contributed by atoms with Crippen molar-refractivity contribution in [1.29, 1.82) is 0 Å². The molecule has 0 fully saturated rings. The van der Waals surface area contributed by atoms with E-state index in [4.69, 9.17) is 4.74 Å². The quantitative estimate of drug-likeness (QED) is 0.650. The molecule has 0 bridgehead atoms. The molecule has 1 aromatic heterocycles. The van der Waals surface area contributed by atoms with Crippen molar-refractivity contribution < 1.29 is 9.53 Å². The molecule has 5 heteroatoms. The SMILES string of the molecule is Cc1cc(OCC(=O)Nc2ccc(Cn3ccnc3C)cc2)ccc1C(C)C. The van der Waals surface area contributed by atoms with Gasteiger partial charge in [0.05, 0.1) is 0 Å². The van der Waals surface area contributed by atoms with Gasteiger partial charge in [0, 0.05) is 24.6 Å². The van der Waals surface area contributed by atoms with E-state index < -0.39 is 0 Å². The van der Waals surface area contributed by atoms with Crippen LogP contribution in [0.4, 0.5) is 5.69 Å².